The van der Waals surface area contributed by atoms with Crippen LogP contribution in [0.25, 0.3) is 0 Å². The van der Waals surface area contributed by atoms with Crippen LogP contribution in [0.15, 0.2) is 59.8 Å². The SMILES string of the molecule is CC1=C(C(=O)OCC(C)C)[C@H](c2ccc(F)cc2)CC(=O)N1Cc1cccc(C#N)c1. The maximum Gasteiger partial charge on any atom is 0.336 e. The van der Waals surface area contributed by atoms with E-state index in [4.69, 9.17) is 10.00 Å². The third-order valence-electron chi connectivity index (χ3n) is 5.26. The fourth-order valence-corrected chi connectivity index (χ4v) is 3.69. The van der Waals surface area contributed by atoms with Crippen molar-refractivity contribution in [2.75, 3.05) is 6.61 Å². The molecule has 0 fully saturated rings. The van der Waals surface area contributed by atoms with Crippen LogP contribution >= 0.6 is 0 Å². The van der Waals surface area contributed by atoms with Gasteiger partial charge in [0.15, 0.2) is 0 Å². The maximum absolute atomic E-state index is 13.4. The van der Waals surface area contributed by atoms with E-state index < -0.39 is 11.9 Å². The standard InChI is InChI=1S/C25H25FN2O3/c1-16(2)15-31-25(30)24-17(3)28(14-19-6-4-5-18(11-19)13-27)23(29)12-22(24)20-7-9-21(26)10-8-20/h4-11,16,22H,12,14-15H2,1-3H3/t22-/m0/s1. The molecule has 0 aliphatic carbocycles. The van der Waals surface area contributed by atoms with E-state index in [0.717, 1.165) is 5.56 Å². The van der Waals surface area contributed by atoms with Gasteiger partial charge in [0.25, 0.3) is 0 Å². The van der Waals surface area contributed by atoms with Crippen LogP contribution in [0.2, 0.25) is 0 Å². The average molecular weight is 420 g/mol. The lowest BCUT2D eigenvalue weighted by molar-refractivity contribution is -0.141. The summed E-state index contributed by atoms with van der Waals surface area (Å²) in [5, 5.41) is 9.14. The first kappa shape index (κ1) is 22.2. The highest BCUT2D eigenvalue weighted by Gasteiger charge is 2.37. The van der Waals surface area contributed by atoms with E-state index in [-0.39, 0.29) is 37.2 Å². The zero-order chi connectivity index (χ0) is 22.5. The number of amides is 1. The first-order chi connectivity index (χ1) is 14.8. The molecule has 2 aromatic carbocycles. The van der Waals surface area contributed by atoms with E-state index >= 15 is 0 Å². The highest BCUT2D eigenvalue weighted by molar-refractivity contribution is 5.95. The molecule has 0 bridgehead atoms. The van der Waals surface area contributed by atoms with Gasteiger partial charge in [-0.05, 0) is 48.2 Å². The van der Waals surface area contributed by atoms with E-state index in [1.54, 1.807) is 42.2 Å². The molecule has 2 aromatic rings. The van der Waals surface area contributed by atoms with Crippen LogP contribution in [-0.4, -0.2) is 23.4 Å². The van der Waals surface area contributed by atoms with Crippen molar-refractivity contribution in [1.82, 2.24) is 4.90 Å². The number of halogens is 1. The molecule has 1 heterocycles. The largest absolute Gasteiger partial charge is 0.462 e. The van der Waals surface area contributed by atoms with Gasteiger partial charge in [0.05, 0.1) is 30.4 Å². The Bertz CT molecular complexity index is 1050. The number of nitriles is 1. The molecular formula is C25H25FN2O3. The number of nitrogens with zero attached hydrogens (tertiary/aromatic N) is 2. The predicted molar refractivity (Wildman–Crippen MR) is 114 cm³/mol. The molecule has 0 saturated carbocycles. The monoisotopic (exact) mass is 420 g/mol. The van der Waals surface area contributed by atoms with Crippen molar-refractivity contribution in [3.8, 4) is 6.07 Å². The molecule has 1 aliphatic heterocycles. The zero-order valence-corrected chi connectivity index (χ0v) is 17.9. The Hall–Kier alpha value is -3.46. The second-order valence-corrected chi connectivity index (χ2v) is 8.09. The van der Waals surface area contributed by atoms with Gasteiger partial charge >= 0.3 is 5.97 Å². The molecule has 160 valence electrons. The Kier molecular flexibility index (Phi) is 6.86. The Morgan fingerprint density at radius 1 is 1.26 bits per heavy atom. The number of allylic oxidation sites excluding steroid dienone is 1. The number of hydrogen-bond donors (Lipinski definition) is 0. The molecule has 0 spiro atoms. The van der Waals surface area contributed by atoms with E-state index in [2.05, 4.69) is 6.07 Å². The van der Waals surface area contributed by atoms with E-state index in [0.29, 0.717) is 22.4 Å². The van der Waals surface area contributed by atoms with Crippen LogP contribution in [0.3, 0.4) is 0 Å². The van der Waals surface area contributed by atoms with Gasteiger partial charge in [0, 0.05) is 18.0 Å². The summed E-state index contributed by atoms with van der Waals surface area (Å²) in [6, 6.07) is 15.0. The molecule has 3 rings (SSSR count). The van der Waals surface area contributed by atoms with Crippen LogP contribution in [0.5, 0.6) is 0 Å². The van der Waals surface area contributed by atoms with Crippen molar-refractivity contribution in [3.05, 3.63) is 82.3 Å². The molecule has 0 N–H and O–H groups in total. The summed E-state index contributed by atoms with van der Waals surface area (Å²) in [7, 11) is 0. The van der Waals surface area contributed by atoms with Gasteiger partial charge in [0.1, 0.15) is 5.82 Å². The molecular weight excluding hydrogens is 395 g/mol. The lowest BCUT2D eigenvalue weighted by Crippen LogP contribution is -2.38. The van der Waals surface area contributed by atoms with Crippen molar-refractivity contribution in [3.63, 3.8) is 0 Å². The Balaban J connectivity index is 2.00. The fourth-order valence-electron chi connectivity index (χ4n) is 3.69. The van der Waals surface area contributed by atoms with Crippen molar-refractivity contribution in [2.45, 2.75) is 39.7 Å². The molecule has 0 aromatic heterocycles. The molecule has 1 atom stereocenters. The van der Waals surface area contributed by atoms with Crippen LogP contribution < -0.4 is 0 Å². The molecule has 5 nitrogen and oxygen atoms in total. The van der Waals surface area contributed by atoms with Crippen LogP contribution in [0.4, 0.5) is 4.39 Å². The van der Waals surface area contributed by atoms with Gasteiger partial charge in [-0.15, -0.1) is 0 Å². The summed E-state index contributed by atoms with van der Waals surface area (Å²) in [5.41, 5.74) is 2.91. The van der Waals surface area contributed by atoms with Gasteiger partial charge in [-0.1, -0.05) is 38.1 Å². The van der Waals surface area contributed by atoms with Crippen LogP contribution in [0, 0.1) is 23.1 Å². The van der Waals surface area contributed by atoms with Crippen molar-refractivity contribution in [2.24, 2.45) is 5.92 Å². The van der Waals surface area contributed by atoms with Gasteiger partial charge in [-0.3, -0.25) is 4.79 Å². The number of carbonyl (C=O) groups excluding carboxylic acids is 2. The molecule has 0 unspecified atom stereocenters. The Morgan fingerprint density at radius 3 is 2.61 bits per heavy atom. The number of rotatable bonds is 6. The van der Waals surface area contributed by atoms with Gasteiger partial charge in [-0.25, -0.2) is 9.18 Å². The number of hydrogen-bond acceptors (Lipinski definition) is 4. The van der Waals surface area contributed by atoms with Crippen molar-refractivity contribution < 1.29 is 18.7 Å². The Morgan fingerprint density at radius 2 is 1.97 bits per heavy atom. The third kappa shape index (κ3) is 5.18. The molecule has 1 amide bonds. The first-order valence-corrected chi connectivity index (χ1v) is 10.2. The highest BCUT2D eigenvalue weighted by atomic mass is 19.1. The molecule has 0 radical (unpaired) electrons. The zero-order valence-electron chi connectivity index (χ0n) is 17.9. The lowest BCUT2D eigenvalue weighted by Gasteiger charge is -2.34. The summed E-state index contributed by atoms with van der Waals surface area (Å²) in [4.78, 5) is 27.6. The summed E-state index contributed by atoms with van der Waals surface area (Å²) in [6.45, 7) is 6.14. The van der Waals surface area contributed by atoms with Crippen LogP contribution in [0.1, 0.15) is 49.8 Å². The van der Waals surface area contributed by atoms with E-state index in [1.165, 1.54) is 12.1 Å². The number of benzene rings is 2. The number of carbonyl (C=O) groups is 2. The van der Waals surface area contributed by atoms with Crippen molar-refractivity contribution >= 4 is 11.9 Å². The number of esters is 1. The summed E-state index contributed by atoms with van der Waals surface area (Å²) < 4.78 is 18.9. The van der Waals surface area contributed by atoms with Crippen molar-refractivity contribution in [1.29, 1.82) is 5.26 Å². The number of ether oxygens (including phenoxy) is 1. The first-order valence-electron chi connectivity index (χ1n) is 10.2. The van der Waals surface area contributed by atoms with Gasteiger partial charge in [-0.2, -0.15) is 5.26 Å². The molecule has 31 heavy (non-hydrogen) atoms. The lowest BCUT2D eigenvalue weighted by atomic mass is 9.83. The highest BCUT2D eigenvalue weighted by Crippen LogP contribution is 2.37. The summed E-state index contributed by atoms with van der Waals surface area (Å²) in [6.07, 6.45) is 0.0764. The molecule has 0 saturated heterocycles. The summed E-state index contributed by atoms with van der Waals surface area (Å²) in [5.74, 6) is -1.33. The smallest absolute Gasteiger partial charge is 0.336 e. The minimum Gasteiger partial charge on any atom is -0.462 e. The second kappa shape index (κ2) is 9.57. The minimum atomic E-state index is -0.505. The summed E-state index contributed by atoms with van der Waals surface area (Å²) >= 11 is 0. The van der Waals surface area contributed by atoms with Gasteiger partial charge in [0.2, 0.25) is 5.91 Å². The van der Waals surface area contributed by atoms with Gasteiger partial charge < -0.3 is 9.64 Å². The molecule has 6 heteroatoms. The predicted octanol–water partition coefficient (Wildman–Crippen LogP) is 4.69. The van der Waals surface area contributed by atoms with E-state index in [1.807, 2.05) is 19.9 Å². The van der Waals surface area contributed by atoms with Crippen LogP contribution in [-0.2, 0) is 20.9 Å². The average Bonchev–Trinajstić information content (AvgIpc) is 2.75. The normalized spacial score (nSPS) is 16.5. The van der Waals surface area contributed by atoms with E-state index in [9.17, 15) is 14.0 Å². The third-order valence-corrected chi connectivity index (χ3v) is 5.26. The maximum atomic E-state index is 13.4. The Labute approximate surface area is 181 Å². The quantitative estimate of drug-likeness (QED) is 0.636. The topological polar surface area (TPSA) is 70.4 Å². The second-order valence-electron chi connectivity index (χ2n) is 8.09. The minimum absolute atomic E-state index is 0.0764. The molecule has 1 aliphatic rings. The fraction of sp³-hybridized carbons (Fsp3) is 0.320.